The van der Waals surface area contributed by atoms with Crippen LogP contribution in [0.3, 0.4) is 0 Å². The highest BCUT2D eigenvalue weighted by Gasteiger charge is 2.40. The summed E-state index contributed by atoms with van der Waals surface area (Å²) in [7, 11) is 1.56. The number of likely N-dealkylation sites (tertiary alicyclic amines) is 1. The van der Waals surface area contributed by atoms with Crippen LogP contribution in [0.25, 0.3) is 0 Å². The molecule has 18 heavy (non-hydrogen) atoms. The van der Waals surface area contributed by atoms with Gasteiger partial charge in [0.2, 0.25) is 5.91 Å². The number of rotatable bonds is 6. The van der Waals surface area contributed by atoms with Crippen molar-refractivity contribution in [1.29, 1.82) is 0 Å². The van der Waals surface area contributed by atoms with Crippen LogP contribution in [0.4, 0.5) is 0 Å². The fourth-order valence-corrected chi connectivity index (χ4v) is 2.08. The topological polar surface area (TPSA) is 113 Å². The minimum atomic E-state index is -1.11. The van der Waals surface area contributed by atoms with Crippen molar-refractivity contribution in [3.63, 3.8) is 0 Å². The molecule has 4 N–H and O–H groups in total. The van der Waals surface area contributed by atoms with Gasteiger partial charge >= 0.3 is 5.97 Å². The van der Waals surface area contributed by atoms with Crippen LogP contribution in [-0.4, -0.2) is 65.4 Å². The molecule has 1 amide bonds. The third kappa shape index (κ3) is 3.66. The maximum Gasteiger partial charge on any atom is 0.326 e. The lowest BCUT2D eigenvalue weighted by molar-refractivity contribution is -0.148. The average molecular weight is 260 g/mol. The number of nitrogens with zero attached hydrogens (tertiary/aromatic N) is 1. The maximum absolute atomic E-state index is 12.0. The molecule has 3 atom stereocenters. The Morgan fingerprint density at radius 1 is 1.56 bits per heavy atom. The van der Waals surface area contributed by atoms with E-state index in [4.69, 9.17) is 15.6 Å². The van der Waals surface area contributed by atoms with Crippen LogP contribution < -0.4 is 5.73 Å². The van der Waals surface area contributed by atoms with E-state index in [0.29, 0.717) is 19.4 Å². The predicted octanol–water partition coefficient (Wildman–Crippen LogP) is -1.21. The number of aliphatic hydroxyl groups is 1. The number of β-amino-alcohol motifs (C(OH)–C–C–N with tert-alkyl or cyclic N) is 1. The maximum atomic E-state index is 12.0. The Morgan fingerprint density at radius 3 is 2.78 bits per heavy atom. The van der Waals surface area contributed by atoms with Gasteiger partial charge in [0.25, 0.3) is 0 Å². The van der Waals surface area contributed by atoms with Crippen molar-refractivity contribution in [2.24, 2.45) is 5.73 Å². The van der Waals surface area contributed by atoms with E-state index in [-0.39, 0.29) is 13.0 Å². The second kappa shape index (κ2) is 6.67. The van der Waals surface area contributed by atoms with Crippen LogP contribution in [0.1, 0.15) is 19.3 Å². The molecule has 0 radical (unpaired) electrons. The molecular weight excluding hydrogens is 240 g/mol. The Labute approximate surface area is 106 Å². The van der Waals surface area contributed by atoms with Crippen LogP contribution in [0.5, 0.6) is 0 Å². The second-order valence-electron chi connectivity index (χ2n) is 4.48. The SMILES string of the molecule is COCCCC(N)C(=O)N1C[C@@H](O)C[C@H]1C(=O)O. The van der Waals surface area contributed by atoms with Gasteiger partial charge in [0, 0.05) is 26.7 Å². The highest BCUT2D eigenvalue weighted by molar-refractivity contribution is 5.87. The summed E-state index contributed by atoms with van der Waals surface area (Å²) in [4.78, 5) is 24.1. The van der Waals surface area contributed by atoms with Gasteiger partial charge in [0.15, 0.2) is 0 Å². The molecule has 0 saturated carbocycles. The molecule has 1 aliphatic heterocycles. The smallest absolute Gasteiger partial charge is 0.326 e. The molecule has 0 aromatic carbocycles. The number of hydrogen-bond acceptors (Lipinski definition) is 5. The summed E-state index contributed by atoms with van der Waals surface area (Å²) < 4.78 is 4.86. The van der Waals surface area contributed by atoms with Crippen molar-refractivity contribution in [3.05, 3.63) is 0 Å². The van der Waals surface area contributed by atoms with E-state index in [9.17, 15) is 14.7 Å². The Balaban J connectivity index is 2.56. The van der Waals surface area contributed by atoms with Gasteiger partial charge < -0.3 is 25.6 Å². The van der Waals surface area contributed by atoms with Gasteiger partial charge in [0.1, 0.15) is 6.04 Å². The van der Waals surface area contributed by atoms with E-state index in [1.54, 1.807) is 7.11 Å². The molecule has 1 aliphatic rings. The number of carbonyl (C=O) groups is 2. The lowest BCUT2D eigenvalue weighted by atomic mass is 10.1. The molecule has 0 bridgehead atoms. The highest BCUT2D eigenvalue weighted by Crippen LogP contribution is 2.19. The van der Waals surface area contributed by atoms with Crippen LogP contribution >= 0.6 is 0 Å². The highest BCUT2D eigenvalue weighted by atomic mass is 16.5. The normalized spacial score (nSPS) is 25.2. The summed E-state index contributed by atoms with van der Waals surface area (Å²) in [5, 5.41) is 18.4. The van der Waals surface area contributed by atoms with Crippen LogP contribution in [0.15, 0.2) is 0 Å². The number of carboxylic acid groups (broad SMARTS) is 1. The minimum Gasteiger partial charge on any atom is -0.480 e. The van der Waals surface area contributed by atoms with E-state index < -0.39 is 30.1 Å². The number of hydrogen-bond donors (Lipinski definition) is 3. The summed E-state index contributed by atoms with van der Waals surface area (Å²) in [5.41, 5.74) is 5.72. The van der Waals surface area contributed by atoms with Crippen molar-refractivity contribution < 1.29 is 24.5 Å². The quantitative estimate of drug-likeness (QED) is 0.516. The van der Waals surface area contributed by atoms with Gasteiger partial charge in [-0.05, 0) is 12.8 Å². The lowest BCUT2D eigenvalue weighted by Crippen LogP contribution is -2.48. The summed E-state index contributed by atoms with van der Waals surface area (Å²) in [5.74, 6) is -1.53. The molecule has 1 unspecified atom stereocenters. The molecule has 0 aromatic rings. The average Bonchev–Trinajstić information content (AvgIpc) is 2.70. The van der Waals surface area contributed by atoms with E-state index in [1.165, 1.54) is 0 Å². The molecule has 1 heterocycles. The Hall–Kier alpha value is -1.18. The number of aliphatic hydroxyl groups excluding tert-OH is 1. The van der Waals surface area contributed by atoms with Crippen molar-refractivity contribution in [2.45, 2.75) is 37.5 Å². The molecule has 1 rings (SSSR count). The monoisotopic (exact) mass is 260 g/mol. The number of amides is 1. The molecule has 1 fully saturated rings. The van der Waals surface area contributed by atoms with Gasteiger partial charge in [-0.2, -0.15) is 0 Å². The second-order valence-corrected chi connectivity index (χ2v) is 4.48. The zero-order chi connectivity index (χ0) is 13.7. The van der Waals surface area contributed by atoms with Gasteiger partial charge in [0.05, 0.1) is 12.1 Å². The van der Waals surface area contributed by atoms with Gasteiger partial charge in [-0.1, -0.05) is 0 Å². The van der Waals surface area contributed by atoms with E-state index in [2.05, 4.69) is 0 Å². The zero-order valence-corrected chi connectivity index (χ0v) is 10.4. The fourth-order valence-electron chi connectivity index (χ4n) is 2.08. The molecule has 0 spiro atoms. The van der Waals surface area contributed by atoms with E-state index in [0.717, 1.165) is 4.90 Å². The summed E-state index contributed by atoms with van der Waals surface area (Å²) in [6.45, 7) is 0.541. The van der Waals surface area contributed by atoms with Gasteiger partial charge in [-0.3, -0.25) is 4.79 Å². The Kier molecular flexibility index (Phi) is 5.52. The molecular formula is C11H20N2O5. The predicted molar refractivity (Wildman–Crippen MR) is 62.8 cm³/mol. The molecule has 0 aliphatic carbocycles. The van der Waals surface area contributed by atoms with E-state index in [1.807, 2.05) is 0 Å². The third-order valence-electron chi connectivity index (χ3n) is 3.03. The summed E-state index contributed by atoms with van der Waals surface area (Å²) in [6.07, 6.45) is 0.343. The van der Waals surface area contributed by atoms with Crippen LogP contribution in [0.2, 0.25) is 0 Å². The summed E-state index contributed by atoms with van der Waals surface area (Å²) in [6, 6.07) is -1.71. The van der Waals surface area contributed by atoms with Crippen molar-refractivity contribution in [2.75, 3.05) is 20.3 Å². The van der Waals surface area contributed by atoms with Crippen molar-refractivity contribution in [3.8, 4) is 0 Å². The molecule has 0 aromatic heterocycles. The Morgan fingerprint density at radius 2 is 2.22 bits per heavy atom. The number of methoxy groups -OCH3 is 1. The van der Waals surface area contributed by atoms with E-state index >= 15 is 0 Å². The molecule has 7 nitrogen and oxygen atoms in total. The first-order chi connectivity index (χ1) is 8.47. The van der Waals surface area contributed by atoms with Crippen molar-refractivity contribution >= 4 is 11.9 Å². The third-order valence-corrected chi connectivity index (χ3v) is 3.03. The first-order valence-electron chi connectivity index (χ1n) is 5.93. The summed E-state index contributed by atoms with van der Waals surface area (Å²) >= 11 is 0. The van der Waals surface area contributed by atoms with Gasteiger partial charge in [-0.15, -0.1) is 0 Å². The number of ether oxygens (including phenoxy) is 1. The first-order valence-corrected chi connectivity index (χ1v) is 5.93. The number of carbonyl (C=O) groups excluding carboxylic acids is 1. The molecule has 104 valence electrons. The number of nitrogens with two attached hydrogens (primary N) is 1. The minimum absolute atomic E-state index is 0.0355. The zero-order valence-electron chi connectivity index (χ0n) is 10.4. The van der Waals surface area contributed by atoms with Crippen LogP contribution in [0, 0.1) is 0 Å². The van der Waals surface area contributed by atoms with Crippen molar-refractivity contribution in [1.82, 2.24) is 4.90 Å². The lowest BCUT2D eigenvalue weighted by Gasteiger charge is -2.24. The number of carboxylic acids is 1. The Bertz CT molecular complexity index is 310. The van der Waals surface area contributed by atoms with Crippen LogP contribution in [-0.2, 0) is 14.3 Å². The molecule has 1 saturated heterocycles. The first kappa shape index (κ1) is 14.9. The van der Waals surface area contributed by atoms with Gasteiger partial charge in [-0.25, -0.2) is 4.79 Å². The number of aliphatic carboxylic acids is 1. The largest absolute Gasteiger partial charge is 0.480 e. The standard InChI is InChI=1S/C11H20N2O5/c1-18-4-2-3-8(12)10(15)13-6-7(14)5-9(13)11(16)17/h7-9,14H,2-6,12H2,1H3,(H,16,17)/t7-,8?,9-/m0/s1. The fraction of sp³-hybridized carbons (Fsp3) is 0.818. The molecule has 7 heteroatoms.